The number of phenolic OH excluding ortho intramolecular Hbond substituents is 1. The molecule has 0 saturated carbocycles. The van der Waals surface area contributed by atoms with Crippen molar-refractivity contribution < 1.29 is 5.11 Å². The molecule has 3 aromatic rings. The minimum Gasteiger partial charge on any atom is -0.506 e. The summed E-state index contributed by atoms with van der Waals surface area (Å²) in [5.74, 6) is 0.750. The van der Waals surface area contributed by atoms with Crippen molar-refractivity contribution in [1.29, 1.82) is 0 Å². The molecule has 0 saturated heterocycles. The van der Waals surface area contributed by atoms with Gasteiger partial charge in [0.15, 0.2) is 5.82 Å². The van der Waals surface area contributed by atoms with Crippen molar-refractivity contribution in [3.8, 4) is 5.75 Å². The third-order valence-electron chi connectivity index (χ3n) is 2.68. The number of hydrogen-bond acceptors (Lipinski definition) is 3. The number of H-pyrrole nitrogens is 1. The summed E-state index contributed by atoms with van der Waals surface area (Å²) in [5.41, 5.74) is 1.65. The van der Waals surface area contributed by atoms with Gasteiger partial charge in [-0.25, -0.2) is 4.98 Å². The van der Waals surface area contributed by atoms with Crippen molar-refractivity contribution in [3.05, 3.63) is 47.7 Å². The van der Waals surface area contributed by atoms with E-state index >= 15 is 0 Å². The van der Waals surface area contributed by atoms with E-state index in [-0.39, 0.29) is 5.75 Å². The zero-order valence-corrected chi connectivity index (χ0v) is 10.1. The standard InChI is InChI=1S/C13H10ClN3O/c14-10-2-1-9(7-11(10)18)17-13-12-8(3-5-15-12)4-6-16-13/h1-7,15,18H,(H,16,17). The molecule has 18 heavy (non-hydrogen) atoms. The number of aromatic nitrogens is 2. The van der Waals surface area contributed by atoms with Gasteiger partial charge >= 0.3 is 0 Å². The quantitative estimate of drug-likeness (QED) is 0.658. The molecular weight excluding hydrogens is 250 g/mol. The lowest BCUT2D eigenvalue weighted by atomic mass is 10.2. The summed E-state index contributed by atoms with van der Waals surface area (Å²) in [6, 6.07) is 8.88. The van der Waals surface area contributed by atoms with Crippen LogP contribution in [0.2, 0.25) is 5.02 Å². The van der Waals surface area contributed by atoms with E-state index in [9.17, 15) is 5.11 Å². The van der Waals surface area contributed by atoms with E-state index in [1.807, 2.05) is 18.3 Å². The second-order valence-corrected chi connectivity index (χ2v) is 4.30. The minimum absolute atomic E-state index is 0.0420. The first-order valence-electron chi connectivity index (χ1n) is 5.42. The van der Waals surface area contributed by atoms with Gasteiger partial charge < -0.3 is 15.4 Å². The normalized spacial score (nSPS) is 10.7. The van der Waals surface area contributed by atoms with Crippen molar-refractivity contribution >= 4 is 34.0 Å². The molecule has 0 fully saturated rings. The molecule has 3 rings (SSSR count). The predicted molar refractivity (Wildman–Crippen MR) is 72.5 cm³/mol. The summed E-state index contributed by atoms with van der Waals surface area (Å²) in [6.07, 6.45) is 3.59. The highest BCUT2D eigenvalue weighted by Gasteiger charge is 2.05. The number of halogens is 1. The minimum atomic E-state index is 0.0420. The van der Waals surface area contributed by atoms with E-state index in [0.29, 0.717) is 10.8 Å². The maximum atomic E-state index is 9.55. The summed E-state index contributed by atoms with van der Waals surface area (Å²) in [7, 11) is 0. The van der Waals surface area contributed by atoms with Gasteiger partial charge in [-0.1, -0.05) is 11.6 Å². The van der Waals surface area contributed by atoms with Gasteiger partial charge in [0, 0.05) is 29.5 Å². The number of fused-ring (bicyclic) bond motifs is 1. The molecule has 0 aliphatic heterocycles. The first-order chi connectivity index (χ1) is 8.74. The van der Waals surface area contributed by atoms with Crippen LogP contribution in [0.25, 0.3) is 10.9 Å². The van der Waals surface area contributed by atoms with Crippen LogP contribution in [-0.2, 0) is 0 Å². The first kappa shape index (κ1) is 10.9. The molecule has 5 heteroatoms. The molecule has 1 aromatic carbocycles. The lowest BCUT2D eigenvalue weighted by Gasteiger charge is -2.07. The Morgan fingerprint density at radius 2 is 2.11 bits per heavy atom. The fourth-order valence-corrected chi connectivity index (χ4v) is 1.92. The average Bonchev–Trinajstić information content (AvgIpc) is 2.83. The molecular formula is C13H10ClN3O. The summed E-state index contributed by atoms with van der Waals surface area (Å²) < 4.78 is 0. The molecule has 2 aromatic heterocycles. The predicted octanol–water partition coefficient (Wildman–Crippen LogP) is 3.67. The number of rotatable bonds is 2. The Bertz CT molecular complexity index is 708. The molecule has 3 N–H and O–H groups in total. The van der Waals surface area contributed by atoms with Crippen molar-refractivity contribution in [2.24, 2.45) is 0 Å². The SMILES string of the molecule is Oc1cc(Nc2nccc3cc[nH]c23)ccc1Cl. The third-order valence-corrected chi connectivity index (χ3v) is 3.00. The zero-order valence-electron chi connectivity index (χ0n) is 9.31. The van der Waals surface area contributed by atoms with Crippen LogP contribution in [0.5, 0.6) is 5.75 Å². The van der Waals surface area contributed by atoms with Crippen LogP contribution in [0.3, 0.4) is 0 Å². The highest BCUT2D eigenvalue weighted by atomic mass is 35.5. The molecule has 0 unspecified atom stereocenters. The Labute approximate surface area is 108 Å². The number of nitrogens with one attached hydrogen (secondary N) is 2. The summed E-state index contributed by atoms with van der Waals surface area (Å²) >= 11 is 5.76. The monoisotopic (exact) mass is 259 g/mol. The second-order valence-electron chi connectivity index (χ2n) is 3.89. The fraction of sp³-hybridized carbons (Fsp3) is 0. The zero-order chi connectivity index (χ0) is 12.5. The van der Waals surface area contributed by atoms with E-state index < -0.39 is 0 Å². The molecule has 2 heterocycles. The largest absolute Gasteiger partial charge is 0.506 e. The average molecular weight is 260 g/mol. The highest BCUT2D eigenvalue weighted by molar-refractivity contribution is 6.32. The van der Waals surface area contributed by atoms with E-state index in [1.165, 1.54) is 0 Å². The van der Waals surface area contributed by atoms with Crippen LogP contribution < -0.4 is 5.32 Å². The lowest BCUT2D eigenvalue weighted by Crippen LogP contribution is -1.94. The fourth-order valence-electron chi connectivity index (χ4n) is 1.80. The smallest absolute Gasteiger partial charge is 0.154 e. The maximum Gasteiger partial charge on any atom is 0.154 e. The van der Waals surface area contributed by atoms with Crippen molar-refractivity contribution in [2.45, 2.75) is 0 Å². The molecule has 0 spiro atoms. The Balaban J connectivity index is 2.01. The number of aromatic hydroxyl groups is 1. The van der Waals surface area contributed by atoms with Gasteiger partial charge in [0.05, 0.1) is 10.5 Å². The Morgan fingerprint density at radius 3 is 2.94 bits per heavy atom. The van der Waals surface area contributed by atoms with E-state index in [4.69, 9.17) is 11.6 Å². The summed E-state index contributed by atoms with van der Waals surface area (Å²) in [4.78, 5) is 7.39. The summed E-state index contributed by atoms with van der Waals surface area (Å²) in [5, 5.41) is 14.1. The molecule has 0 atom stereocenters. The maximum absolute atomic E-state index is 9.55. The molecule has 4 nitrogen and oxygen atoms in total. The van der Waals surface area contributed by atoms with Gasteiger partial charge in [0.2, 0.25) is 0 Å². The van der Waals surface area contributed by atoms with Crippen molar-refractivity contribution in [1.82, 2.24) is 9.97 Å². The van der Waals surface area contributed by atoms with Crippen LogP contribution >= 0.6 is 11.6 Å². The van der Waals surface area contributed by atoms with Crippen LogP contribution in [0, 0.1) is 0 Å². The third kappa shape index (κ3) is 1.87. The number of aromatic amines is 1. The van der Waals surface area contributed by atoms with Gasteiger partial charge in [0.25, 0.3) is 0 Å². The molecule has 0 aliphatic rings. The van der Waals surface area contributed by atoms with Gasteiger partial charge in [-0.05, 0) is 24.3 Å². The number of pyridine rings is 1. The molecule has 90 valence electrons. The first-order valence-corrected chi connectivity index (χ1v) is 5.79. The van der Waals surface area contributed by atoms with Gasteiger partial charge in [0.1, 0.15) is 5.75 Å². The van der Waals surface area contributed by atoms with Crippen LogP contribution in [-0.4, -0.2) is 15.1 Å². The van der Waals surface area contributed by atoms with Gasteiger partial charge in [-0.15, -0.1) is 0 Å². The van der Waals surface area contributed by atoms with Gasteiger partial charge in [-0.3, -0.25) is 0 Å². The highest BCUT2D eigenvalue weighted by Crippen LogP contribution is 2.29. The van der Waals surface area contributed by atoms with E-state index in [0.717, 1.165) is 16.6 Å². The van der Waals surface area contributed by atoms with Crippen LogP contribution in [0.1, 0.15) is 0 Å². The molecule has 0 aliphatic carbocycles. The Morgan fingerprint density at radius 1 is 1.22 bits per heavy atom. The van der Waals surface area contributed by atoms with Crippen molar-refractivity contribution in [3.63, 3.8) is 0 Å². The number of phenols is 1. The van der Waals surface area contributed by atoms with E-state index in [1.54, 1.807) is 24.4 Å². The van der Waals surface area contributed by atoms with Crippen molar-refractivity contribution in [2.75, 3.05) is 5.32 Å². The number of nitrogens with zero attached hydrogens (tertiary/aromatic N) is 1. The Hall–Kier alpha value is -2.20. The van der Waals surface area contributed by atoms with Crippen LogP contribution in [0.15, 0.2) is 42.7 Å². The molecule has 0 radical (unpaired) electrons. The lowest BCUT2D eigenvalue weighted by molar-refractivity contribution is 0.476. The number of hydrogen-bond donors (Lipinski definition) is 3. The summed E-state index contributed by atoms with van der Waals surface area (Å²) in [6.45, 7) is 0. The van der Waals surface area contributed by atoms with E-state index in [2.05, 4.69) is 15.3 Å². The topological polar surface area (TPSA) is 60.9 Å². The Kier molecular flexibility index (Phi) is 2.57. The molecule has 0 bridgehead atoms. The second kappa shape index (κ2) is 4.23. The molecule has 0 amide bonds. The number of benzene rings is 1. The van der Waals surface area contributed by atoms with Gasteiger partial charge in [-0.2, -0.15) is 0 Å². The number of anilines is 2. The van der Waals surface area contributed by atoms with Crippen LogP contribution in [0.4, 0.5) is 11.5 Å².